The Morgan fingerprint density at radius 1 is 1.69 bits per heavy atom. The summed E-state index contributed by atoms with van der Waals surface area (Å²) in [4.78, 5) is 16.6. The maximum Gasteiger partial charge on any atom is 0.220 e. The zero-order valence-electron chi connectivity index (χ0n) is 9.62. The van der Waals surface area contributed by atoms with Gasteiger partial charge in [-0.15, -0.1) is 11.3 Å². The molecular weight excluding hydrogens is 222 g/mol. The SMILES string of the molecule is Cc1ncsc1C(C)NC1CCC(=O)NC1. The van der Waals surface area contributed by atoms with Gasteiger partial charge in [-0.3, -0.25) is 4.79 Å². The fourth-order valence-corrected chi connectivity index (χ4v) is 2.85. The van der Waals surface area contributed by atoms with Crippen molar-refractivity contribution in [3.8, 4) is 0 Å². The summed E-state index contributed by atoms with van der Waals surface area (Å²) in [6.07, 6.45) is 1.56. The Labute approximate surface area is 99.5 Å². The molecule has 1 aromatic rings. The molecule has 0 bridgehead atoms. The largest absolute Gasteiger partial charge is 0.355 e. The number of rotatable bonds is 3. The van der Waals surface area contributed by atoms with Crippen molar-refractivity contribution in [1.82, 2.24) is 15.6 Å². The number of piperidine rings is 1. The molecule has 0 spiro atoms. The van der Waals surface area contributed by atoms with Crippen molar-refractivity contribution in [2.45, 2.75) is 38.8 Å². The van der Waals surface area contributed by atoms with Crippen LogP contribution < -0.4 is 10.6 Å². The highest BCUT2D eigenvalue weighted by atomic mass is 32.1. The molecule has 2 unspecified atom stereocenters. The summed E-state index contributed by atoms with van der Waals surface area (Å²) in [6, 6.07) is 0.696. The molecule has 2 atom stereocenters. The summed E-state index contributed by atoms with van der Waals surface area (Å²) in [5.41, 5.74) is 2.98. The maximum atomic E-state index is 11.0. The molecule has 2 N–H and O–H groups in total. The number of nitrogens with zero attached hydrogens (tertiary/aromatic N) is 1. The fraction of sp³-hybridized carbons (Fsp3) is 0.636. The molecule has 2 rings (SSSR count). The van der Waals surface area contributed by atoms with Crippen LogP contribution in [0.3, 0.4) is 0 Å². The molecule has 1 saturated heterocycles. The van der Waals surface area contributed by atoms with Crippen LogP contribution in [0.25, 0.3) is 0 Å². The maximum absolute atomic E-state index is 11.0. The van der Waals surface area contributed by atoms with E-state index in [0.29, 0.717) is 18.5 Å². The second kappa shape index (κ2) is 4.93. The lowest BCUT2D eigenvalue weighted by Crippen LogP contribution is -2.46. The van der Waals surface area contributed by atoms with Gasteiger partial charge in [-0.1, -0.05) is 0 Å². The minimum absolute atomic E-state index is 0.166. The Bertz CT molecular complexity index is 367. The van der Waals surface area contributed by atoms with Crippen molar-refractivity contribution in [2.75, 3.05) is 6.54 Å². The number of hydrogen-bond donors (Lipinski definition) is 2. The van der Waals surface area contributed by atoms with Crippen molar-refractivity contribution >= 4 is 17.2 Å². The topological polar surface area (TPSA) is 54.0 Å². The highest BCUT2D eigenvalue weighted by Crippen LogP contribution is 2.22. The lowest BCUT2D eigenvalue weighted by Gasteiger charge is -2.26. The first-order valence-electron chi connectivity index (χ1n) is 5.59. The van der Waals surface area contributed by atoms with Crippen molar-refractivity contribution in [3.05, 3.63) is 16.1 Å². The summed E-state index contributed by atoms with van der Waals surface area (Å²) in [6.45, 7) is 4.92. The number of aromatic nitrogens is 1. The minimum atomic E-state index is 0.166. The van der Waals surface area contributed by atoms with Gasteiger partial charge in [0.15, 0.2) is 0 Å². The molecule has 1 aliphatic rings. The van der Waals surface area contributed by atoms with E-state index < -0.39 is 0 Å². The van der Waals surface area contributed by atoms with E-state index in [1.54, 1.807) is 11.3 Å². The van der Waals surface area contributed by atoms with Crippen molar-refractivity contribution in [3.63, 3.8) is 0 Å². The third-order valence-corrected chi connectivity index (χ3v) is 4.04. The smallest absolute Gasteiger partial charge is 0.220 e. The number of thiazole rings is 1. The van der Waals surface area contributed by atoms with Gasteiger partial charge >= 0.3 is 0 Å². The molecule has 0 aliphatic carbocycles. The quantitative estimate of drug-likeness (QED) is 0.838. The summed E-state index contributed by atoms with van der Waals surface area (Å²) >= 11 is 1.69. The molecule has 0 saturated carbocycles. The van der Waals surface area contributed by atoms with Crippen LogP contribution in [0.5, 0.6) is 0 Å². The van der Waals surface area contributed by atoms with E-state index in [9.17, 15) is 4.79 Å². The number of hydrogen-bond acceptors (Lipinski definition) is 4. The molecule has 1 aliphatic heterocycles. The van der Waals surface area contributed by atoms with Gasteiger partial charge < -0.3 is 10.6 Å². The summed E-state index contributed by atoms with van der Waals surface area (Å²) in [5, 5.41) is 6.42. The normalized spacial score (nSPS) is 22.9. The van der Waals surface area contributed by atoms with Crippen molar-refractivity contribution < 1.29 is 4.79 Å². The highest BCUT2D eigenvalue weighted by molar-refractivity contribution is 7.09. The van der Waals surface area contributed by atoms with E-state index in [0.717, 1.165) is 18.7 Å². The number of nitrogens with one attached hydrogen (secondary N) is 2. The molecular formula is C11H17N3OS. The van der Waals surface area contributed by atoms with Crippen LogP contribution in [0.2, 0.25) is 0 Å². The van der Waals surface area contributed by atoms with E-state index in [1.165, 1.54) is 4.88 Å². The number of amides is 1. The average molecular weight is 239 g/mol. The third kappa shape index (κ3) is 2.59. The monoisotopic (exact) mass is 239 g/mol. The van der Waals surface area contributed by atoms with Gasteiger partial charge in [-0.05, 0) is 20.3 Å². The molecule has 1 aromatic heterocycles. The number of carbonyl (C=O) groups is 1. The van der Waals surface area contributed by atoms with Crippen LogP contribution in [0.15, 0.2) is 5.51 Å². The van der Waals surface area contributed by atoms with Crippen LogP contribution in [-0.2, 0) is 4.79 Å². The predicted octanol–water partition coefficient (Wildman–Crippen LogP) is 1.38. The van der Waals surface area contributed by atoms with Crippen LogP contribution in [-0.4, -0.2) is 23.5 Å². The molecule has 4 nitrogen and oxygen atoms in total. The van der Waals surface area contributed by atoms with E-state index in [4.69, 9.17) is 0 Å². The zero-order valence-corrected chi connectivity index (χ0v) is 10.4. The molecule has 0 radical (unpaired) electrons. The first kappa shape index (κ1) is 11.5. The van der Waals surface area contributed by atoms with Gasteiger partial charge in [0.05, 0.1) is 11.2 Å². The van der Waals surface area contributed by atoms with E-state index in [2.05, 4.69) is 22.5 Å². The van der Waals surface area contributed by atoms with Crippen LogP contribution >= 0.6 is 11.3 Å². The number of aryl methyl sites for hydroxylation is 1. The first-order valence-corrected chi connectivity index (χ1v) is 6.47. The van der Waals surface area contributed by atoms with E-state index in [-0.39, 0.29) is 5.91 Å². The summed E-state index contributed by atoms with van der Waals surface area (Å²) in [7, 11) is 0. The van der Waals surface area contributed by atoms with Gasteiger partial charge in [-0.2, -0.15) is 0 Å². The molecule has 5 heteroatoms. The second-order valence-electron chi connectivity index (χ2n) is 4.23. The van der Waals surface area contributed by atoms with Gasteiger partial charge in [0.1, 0.15) is 0 Å². The highest BCUT2D eigenvalue weighted by Gasteiger charge is 2.21. The lowest BCUT2D eigenvalue weighted by molar-refractivity contribution is -0.122. The average Bonchev–Trinajstić information content (AvgIpc) is 2.68. The Balaban J connectivity index is 1.90. The molecule has 0 aromatic carbocycles. The van der Waals surface area contributed by atoms with E-state index in [1.807, 2.05) is 12.4 Å². The Kier molecular flexibility index (Phi) is 3.56. The standard InChI is InChI=1S/C11H17N3OS/c1-7-11(16-6-13-7)8(2)14-9-3-4-10(15)12-5-9/h6,8-9,14H,3-5H2,1-2H3,(H,12,15). The molecule has 16 heavy (non-hydrogen) atoms. The summed E-state index contributed by atoms with van der Waals surface area (Å²) in [5.74, 6) is 0.166. The van der Waals surface area contributed by atoms with E-state index >= 15 is 0 Å². The third-order valence-electron chi connectivity index (χ3n) is 2.93. The Hall–Kier alpha value is -0.940. The summed E-state index contributed by atoms with van der Waals surface area (Å²) < 4.78 is 0. The van der Waals surface area contributed by atoms with Gasteiger partial charge in [-0.25, -0.2) is 4.98 Å². The zero-order chi connectivity index (χ0) is 11.5. The Morgan fingerprint density at radius 3 is 3.06 bits per heavy atom. The van der Waals surface area contributed by atoms with Gasteiger partial charge in [0, 0.05) is 29.9 Å². The first-order chi connectivity index (χ1) is 7.66. The minimum Gasteiger partial charge on any atom is -0.355 e. The predicted molar refractivity (Wildman–Crippen MR) is 64.4 cm³/mol. The fourth-order valence-electron chi connectivity index (χ4n) is 2.03. The lowest BCUT2D eigenvalue weighted by atomic mass is 10.1. The molecule has 2 heterocycles. The van der Waals surface area contributed by atoms with Crippen LogP contribution in [0.4, 0.5) is 0 Å². The van der Waals surface area contributed by atoms with Crippen molar-refractivity contribution in [1.29, 1.82) is 0 Å². The van der Waals surface area contributed by atoms with Gasteiger partial charge in [0.2, 0.25) is 5.91 Å². The molecule has 1 amide bonds. The van der Waals surface area contributed by atoms with Crippen molar-refractivity contribution in [2.24, 2.45) is 0 Å². The molecule has 1 fully saturated rings. The van der Waals surface area contributed by atoms with Crippen LogP contribution in [0, 0.1) is 6.92 Å². The number of carbonyl (C=O) groups excluding carboxylic acids is 1. The molecule has 88 valence electrons. The van der Waals surface area contributed by atoms with Crippen LogP contribution in [0.1, 0.15) is 36.4 Å². The Morgan fingerprint density at radius 2 is 2.50 bits per heavy atom. The van der Waals surface area contributed by atoms with Gasteiger partial charge in [0.25, 0.3) is 0 Å². The second-order valence-corrected chi connectivity index (χ2v) is 5.12.